The molecule has 0 aliphatic heterocycles. The van der Waals surface area contributed by atoms with Gasteiger partial charge in [0.15, 0.2) is 0 Å². The molecule has 0 saturated heterocycles. The second-order valence-electron chi connectivity index (χ2n) is 5.48. The van der Waals surface area contributed by atoms with Crippen molar-refractivity contribution in [2.75, 3.05) is 0 Å². The minimum atomic E-state index is -0.834. The summed E-state index contributed by atoms with van der Waals surface area (Å²) in [4.78, 5) is 23.8. The predicted molar refractivity (Wildman–Crippen MR) is 86.0 cm³/mol. The fraction of sp³-hybridized carbons (Fsp3) is 0.333. The molecule has 1 aromatic carbocycles. The van der Waals surface area contributed by atoms with E-state index in [1.54, 1.807) is 16.8 Å². The van der Waals surface area contributed by atoms with Gasteiger partial charge in [-0.15, -0.1) is 0 Å². The number of carbonyl (C=O) groups is 1. The summed E-state index contributed by atoms with van der Waals surface area (Å²) in [6, 6.07) is 13.3. The minimum Gasteiger partial charge on any atom is -0.481 e. The monoisotopic (exact) mass is 299 g/mol. The van der Waals surface area contributed by atoms with E-state index < -0.39 is 11.9 Å². The molecule has 1 aromatic heterocycles. The van der Waals surface area contributed by atoms with E-state index in [1.165, 1.54) is 0 Å². The van der Waals surface area contributed by atoms with Crippen LogP contribution >= 0.6 is 0 Å². The number of hydrogen-bond acceptors (Lipinski definition) is 2. The molecule has 0 bridgehead atoms. The molecule has 0 amide bonds. The van der Waals surface area contributed by atoms with E-state index in [0.717, 1.165) is 12.0 Å². The van der Waals surface area contributed by atoms with Gasteiger partial charge in [0.25, 0.3) is 5.56 Å². The largest absolute Gasteiger partial charge is 0.481 e. The van der Waals surface area contributed by atoms with Crippen LogP contribution in [0, 0.1) is 5.92 Å². The van der Waals surface area contributed by atoms with Gasteiger partial charge in [-0.25, -0.2) is 0 Å². The number of carboxylic acid groups (broad SMARTS) is 1. The number of pyridine rings is 1. The van der Waals surface area contributed by atoms with Crippen LogP contribution < -0.4 is 5.56 Å². The van der Waals surface area contributed by atoms with Gasteiger partial charge in [0.2, 0.25) is 0 Å². The highest BCUT2D eigenvalue weighted by atomic mass is 16.4. The quantitative estimate of drug-likeness (QED) is 0.855. The molecule has 0 aliphatic carbocycles. The Labute approximate surface area is 130 Å². The van der Waals surface area contributed by atoms with Crippen molar-refractivity contribution in [1.29, 1.82) is 0 Å². The van der Waals surface area contributed by atoms with Crippen LogP contribution in [0.25, 0.3) is 0 Å². The summed E-state index contributed by atoms with van der Waals surface area (Å²) in [6.45, 7) is 2.45. The lowest BCUT2D eigenvalue weighted by atomic mass is 9.96. The van der Waals surface area contributed by atoms with E-state index in [2.05, 4.69) is 0 Å². The van der Waals surface area contributed by atoms with Gasteiger partial charge in [0.05, 0.1) is 12.5 Å². The molecule has 0 radical (unpaired) electrons. The van der Waals surface area contributed by atoms with Crippen LogP contribution in [0.1, 0.15) is 30.9 Å². The molecule has 0 aliphatic rings. The van der Waals surface area contributed by atoms with Crippen LogP contribution in [0.4, 0.5) is 0 Å². The molecule has 22 heavy (non-hydrogen) atoms. The van der Waals surface area contributed by atoms with Crippen molar-refractivity contribution in [2.45, 2.75) is 32.7 Å². The summed E-state index contributed by atoms with van der Waals surface area (Å²) in [6.07, 6.45) is 3.41. The van der Waals surface area contributed by atoms with Gasteiger partial charge in [-0.05, 0) is 24.5 Å². The highest BCUT2D eigenvalue weighted by Crippen LogP contribution is 2.12. The van der Waals surface area contributed by atoms with Crippen molar-refractivity contribution in [3.8, 4) is 0 Å². The summed E-state index contributed by atoms with van der Waals surface area (Å²) in [5, 5.41) is 9.25. The molecule has 1 heterocycles. The SMILES string of the molecule is CCCC(Cc1cccn(Cc2ccccc2)c1=O)C(=O)O. The first kappa shape index (κ1) is 16.0. The maximum atomic E-state index is 12.5. The normalized spacial score (nSPS) is 12.0. The topological polar surface area (TPSA) is 59.3 Å². The van der Waals surface area contributed by atoms with Gasteiger partial charge in [-0.3, -0.25) is 9.59 Å². The lowest BCUT2D eigenvalue weighted by Gasteiger charge is -2.12. The molecule has 1 unspecified atom stereocenters. The van der Waals surface area contributed by atoms with Gasteiger partial charge >= 0.3 is 5.97 Å². The van der Waals surface area contributed by atoms with E-state index in [1.807, 2.05) is 43.3 Å². The maximum absolute atomic E-state index is 12.5. The van der Waals surface area contributed by atoms with E-state index in [0.29, 0.717) is 18.5 Å². The second-order valence-corrected chi connectivity index (χ2v) is 5.48. The number of nitrogens with zero attached hydrogens (tertiary/aromatic N) is 1. The lowest BCUT2D eigenvalue weighted by Crippen LogP contribution is -2.27. The zero-order chi connectivity index (χ0) is 15.9. The van der Waals surface area contributed by atoms with Gasteiger partial charge in [-0.2, -0.15) is 0 Å². The molecular formula is C18H21NO3. The first-order valence-corrected chi connectivity index (χ1v) is 7.57. The van der Waals surface area contributed by atoms with Gasteiger partial charge in [0, 0.05) is 11.8 Å². The Morgan fingerprint density at radius 1 is 1.18 bits per heavy atom. The molecule has 1 atom stereocenters. The molecule has 4 heteroatoms. The Bertz CT molecular complexity index is 676. The van der Waals surface area contributed by atoms with E-state index in [-0.39, 0.29) is 12.0 Å². The number of rotatable bonds is 7. The third-order valence-corrected chi connectivity index (χ3v) is 3.75. The van der Waals surface area contributed by atoms with Crippen molar-refractivity contribution in [3.05, 3.63) is 70.1 Å². The highest BCUT2D eigenvalue weighted by molar-refractivity contribution is 5.70. The zero-order valence-electron chi connectivity index (χ0n) is 12.7. The van der Waals surface area contributed by atoms with Crippen LogP contribution in [-0.4, -0.2) is 15.6 Å². The summed E-state index contributed by atoms with van der Waals surface area (Å²) in [5.41, 5.74) is 1.51. The van der Waals surface area contributed by atoms with Crippen LogP contribution in [0.5, 0.6) is 0 Å². The molecule has 1 N–H and O–H groups in total. The molecular weight excluding hydrogens is 278 g/mol. The van der Waals surface area contributed by atoms with E-state index >= 15 is 0 Å². The van der Waals surface area contributed by atoms with Gasteiger partial charge in [-0.1, -0.05) is 49.7 Å². The Balaban J connectivity index is 2.22. The molecule has 2 aromatic rings. The van der Waals surface area contributed by atoms with Gasteiger partial charge in [0.1, 0.15) is 0 Å². The molecule has 2 rings (SSSR count). The van der Waals surface area contributed by atoms with Crippen molar-refractivity contribution >= 4 is 5.97 Å². The Hall–Kier alpha value is -2.36. The predicted octanol–water partition coefficient (Wildman–Crippen LogP) is 2.94. The Morgan fingerprint density at radius 2 is 1.91 bits per heavy atom. The summed E-state index contributed by atoms with van der Waals surface area (Å²) in [7, 11) is 0. The number of aromatic nitrogens is 1. The third-order valence-electron chi connectivity index (χ3n) is 3.75. The average Bonchev–Trinajstić information content (AvgIpc) is 2.51. The van der Waals surface area contributed by atoms with Crippen LogP contribution in [-0.2, 0) is 17.8 Å². The molecule has 0 fully saturated rings. The lowest BCUT2D eigenvalue weighted by molar-refractivity contribution is -0.141. The highest BCUT2D eigenvalue weighted by Gasteiger charge is 2.18. The standard InChI is InChI=1S/C18H21NO3/c1-2-7-16(18(21)22)12-15-10-6-11-19(17(15)20)13-14-8-4-3-5-9-14/h3-6,8-11,16H,2,7,12-13H2,1H3,(H,21,22). The van der Waals surface area contributed by atoms with Crippen molar-refractivity contribution < 1.29 is 9.90 Å². The van der Waals surface area contributed by atoms with Gasteiger partial charge < -0.3 is 9.67 Å². The van der Waals surface area contributed by atoms with E-state index in [9.17, 15) is 14.7 Å². The Morgan fingerprint density at radius 3 is 2.55 bits per heavy atom. The number of hydrogen-bond donors (Lipinski definition) is 1. The molecule has 116 valence electrons. The first-order valence-electron chi connectivity index (χ1n) is 7.57. The zero-order valence-corrected chi connectivity index (χ0v) is 12.7. The summed E-state index contributed by atoms with van der Waals surface area (Å²) >= 11 is 0. The second kappa shape index (κ2) is 7.59. The molecule has 0 spiro atoms. The van der Waals surface area contributed by atoms with Crippen LogP contribution in [0.3, 0.4) is 0 Å². The van der Waals surface area contributed by atoms with Crippen molar-refractivity contribution in [1.82, 2.24) is 4.57 Å². The summed E-state index contributed by atoms with van der Waals surface area (Å²) in [5.74, 6) is -1.33. The van der Waals surface area contributed by atoms with Crippen molar-refractivity contribution in [2.24, 2.45) is 5.92 Å². The van der Waals surface area contributed by atoms with E-state index in [4.69, 9.17) is 0 Å². The maximum Gasteiger partial charge on any atom is 0.306 e. The fourth-order valence-electron chi connectivity index (χ4n) is 2.57. The number of benzene rings is 1. The minimum absolute atomic E-state index is 0.103. The molecule has 4 nitrogen and oxygen atoms in total. The first-order chi connectivity index (χ1) is 10.6. The average molecular weight is 299 g/mol. The molecule has 0 saturated carbocycles. The van der Waals surface area contributed by atoms with Crippen molar-refractivity contribution in [3.63, 3.8) is 0 Å². The van der Waals surface area contributed by atoms with Crippen LogP contribution in [0.2, 0.25) is 0 Å². The number of carboxylic acids is 1. The smallest absolute Gasteiger partial charge is 0.306 e. The third kappa shape index (κ3) is 4.07. The van der Waals surface area contributed by atoms with Crippen LogP contribution in [0.15, 0.2) is 53.5 Å². The number of aliphatic carboxylic acids is 1. The fourth-order valence-corrected chi connectivity index (χ4v) is 2.57. The Kier molecular flexibility index (Phi) is 5.53. The summed E-state index contributed by atoms with van der Waals surface area (Å²) < 4.78 is 1.63.